The summed E-state index contributed by atoms with van der Waals surface area (Å²) in [7, 11) is 0. The average Bonchev–Trinajstić information content (AvgIpc) is 1.90. The van der Waals surface area contributed by atoms with Crippen LogP contribution in [0.25, 0.3) is 0 Å². The molecule has 1 aliphatic heterocycles. The summed E-state index contributed by atoms with van der Waals surface area (Å²) in [5.41, 5.74) is 0. The topological polar surface area (TPSA) is 12.0 Å². The Hall–Kier alpha value is -0.300. The third kappa shape index (κ3) is 1.34. The highest BCUT2D eigenvalue weighted by Crippen LogP contribution is 1.98. The first-order valence-electron chi connectivity index (χ1n) is 3.13. The molecule has 8 heavy (non-hydrogen) atoms. The highest BCUT2D eigenvalue weighted by atomic mass is 14.9. The zero-order chi connectivity index (χ0) is 5.82. The molecule has 0 amide bonds. The van der Waals surface area contributed by atoms with Crippen molar-refractivity contribution in [3.05, 3.63) is 18.6 Å². The minimum atomic E-state index is 0.531. The van der Waals surface area contributed by atoms with Gasteiger partial charge in [-0.2, -0.15) is 0 Å². The van der Waals surface area contributed by atoms with Crippen LogP contribution in [-0.4, -0.2) is 12.6 Å². The van der Waals surface area contributed by atoms with Gasteiger partial charge in [0.15, 0.2) is 0 Å². The lowest BCUT2D eigenvalue weighted by atomic mass is 10.1. The first kappa shape index (κ1) is 5.83. The van der Waals surface area contributed by atoms with Gasteiger partial charge in [0, 0.05) is 6.04 Å². The van der Waals surface area contributed by atoms with E-state index in [1.807, 2.05) is 0 Å². The number of hydrogen-bond donors (Lipinski definition) is 1. The van der Waals surface area contributed by atoms with Crippen molar-refractivity contribution in [3.8, 4) is 0 Å². The van der Waals surface area contributed by atoms with Crippen LogP contribution in [0.1, 0.15) is 13.3 Å². The lowest BCUT2D eigenvalue weighted by Gasteiger charge is -2.15. The van der Waals surface area contributed by atoms with Gasteiger partial charge in [-0.15, -0.1) is 0 Å². The van der Waals surface area contributed by atoms with Gasteiger partial charge in [0.05, 0.1) is 0 Å². The van der Waals surface area contributed by atoms with Crippen molar-refractivity contribution in [3.63, 3.8) is 0 Å². The van der Waals surface area contributed by atoms with E-state index in [0.29, 0.717) is 6.04 Å². The highest BCUT2D eigenvalue weighted by molar-refractivity contribution is 5.02. The molecule has 1 heteroatoms. The maximum Gasteiger partial charge on any atom is 0.0279 e. The summed E-state index contributed by atoms with van der Waals surface area (Å²) in [5.74, 6) is 0. The summed E-state index contributed by atoms with van der Waals surface area (Å²) in [5, 5.41) is 3.33. The van der Waals surface area contributed by atoms with E-state index in [1.54, 1.807) is 0 Å². The molecular weight excluding hydrogens is 98.1 g/mol. The molecule has 45 valence electrons. The fraction of sp³-hybridized carbons (Fsp3) is 0.571. The third-order valence-electron chi connectivity index (χ3n) is 1.39. The molecule has 0 aromatic rings. The van der Waals surface area contributed by atoms with Crippen LogP contribution in [0.5, 0.6) is 0 Å². The summed E-state index contributed by atoms with van der Waals surface area (Å²) in [6, 6.07) is 0.531. The monoisotopic (exact) mass is 110 g/mol. The molecule has 1 radical (unpaired) electrons. The summed E-state index contributed by atoms with van der Waals surface area (Å²) in [4.78, 5) is 0. The number of rotatable bonds is 1. The van der Waals surface area contributed by atoms with E-state index in [4.69, 9.17) is 0 Å². The van der Waals surface area contributed by atoms with Gasteiger partial charge < -0.3 is 5.32 Å². The summed E-state index contributed by atoms with van der Waals surface area (Å²) >= 11 is 0. The van der Waals surface area contributed by atoms with E-state index in [-0.39, 0.29) is 0 Å². The Labute approximate surface area is 50.8 Å². The van der Waals surface area contributed by atoms with Crippen LogP contribution >= 0.6 is 0 Å². The van der Waals surface area contributed by atoms with Gasteiger partial charge in [0.2, 0.25) is 0 Å². The second kappa shape index (κ2) is 2.88. The predicted octanol–water partition coefficient (Wildman–Crippen LogP) is 1.13. The molecule has 1 unspecified atom stereocenters. The van der Waals surface area contributed by atoms with Crippen molar-refractivity contribution in [1.29, 1.82) is 0 Å². The minimum absolute atomic E-state index is 0.531. The van der Waals surface area contributed by atoms with Gasteiger partial charge >= 0.3 is 0 Å². The molecule has 1 aliphatic rings. The van der Waals surface area contributed by atoms with Crippen LogP contribution in [-0.2, 0) is 0 Å². The van der Waals surface area contributed by atoms with Gasteiger partial charge in [-0.25, -0.2) is 0 Å². The quantitative estimate of drug-likeness (QED) is 0.499. The molecule has 1 rings (SSSR count). The Kier molecular flexibility index (Phi) is 2.10. The zero-order valence-electron chi connectivity index (χ0n) is 5.22. The summed E-state index contributed by atoms with van der Waals surface area (Å²) in [6.07, 6.45) is 7.77. The largest absolute Gasteiger partial charge is 0.310 e. The van der Waals surface area contributed by atoms with E-state index in [0.717, 1.165) is 6.54 Å². The van der Waals surface area contributed by atoms with Crippen molar-refractivity contribution in [2.24, 2.45) is 0 Å². The Morgan fingerprint density at radius 1 is 1.75 bits per heavy atom. The lowest BCUT2D eigenvalue weighted by Crippen LogP contribution is -2.30. The molecular formula is C7H12N. The molecule has 0 fully saturated rings. The van der Waals surface area contributed by atoms with Crippen molar-refractivity contribution >= 4 is 0 Å². The molecule has 0 aromatic heterocycles. The lowest BCUT2D eigenvalue weighted by molar-refractivity contribution is 0.626. The fourth-order valence-corrected chi connectivity index (χ4v) is 0.873. The van der Waals surface area contributed by atoms with Gasteiger partial charge in [-0.3, -0.25) is 0 Å². The standard InChI is InChI=1S/C7H12N/c1-2-7-5-3-4-6-8-7/h2-3,5,7-8H,4,6H2,1H3. The second-order valence-corrected chi connectivity index (χ2v) is 2.03. The van der Waals surface area contributed by atoms with Crippen LogP contribution in [0.2, 0.25) is 0 Å². The molecule has 0 aliphatic carbocycles. The summed E-state index contributed by atoms with van der Waals surface area (Å²) in [6.45, 7) is 3.21. The van der Waals surface area contributed by atoms with Crippen molar-refractivity contribution < 1.29 is 0 Å². The van der Waals surface area contributed by atoms with E-state index in [1.165, 1.54) is 6.42 Å². The Balaban J connectivity index is 2.32. The second-order valence-electron chi connectivity index (χ2n) is 2.03. The molecule has 0 spiro atoms. The molecule has 0 aromatic carbocycles. The molecule has 1 N–H and O–H groups in total. The van der Waals surface area contributed by atoms with Crippen LogP contribution in [0, 0.1) is 6.42 Å². The van der Waals surface area contributed by atoms with Gasteiger partial charge in [0.1, 0.15) is 0 Å². The Morgan fingerprint density at radius 3 is 3.00 bits per heavy atom. The first-order valence-corrected chi connectivity index (χ1v) is 3.13. The first-order chi connectivity index (χ1) is 3.93. The Bertz CT molecular complexity index is 86.4. The third-order valence-corrected chi connectivity index (χ3v) is 1.39. The molecule has 1 atom stereocenters. The van der Waals surface area contributed by atoms with Gasteiger partial charge in [-0.1, -0.05) is 19.1 Å². The number of hydrogen-bond acceptors (Lipinski definition) is 1. The van der Waals surface area contributed by atoms with E-state index in [2.05, 4.69) is 30.8 Å². The highest BCUT2D eigenvalue weighted by Gasteiger charge is 2.01. The van der Waals surface area contributed by atoms with E-state index < -0.39 is 0 Å². The maximum absolute atomic E-state index is 3.33. The zero-order valence-corrected chi connectivity index (χ0v) is 5.22. The van der Waals surface area contributed by atoms with E-state index >= 15 is 0 Å². The molecule has 1 nitrogen and oxygen atoms in total. The van der Waals surface area contributed by atoms with Gasteiger partial charge in [-0.05, 0) is 19.4 Å². The maximum atomic E-state index is 3.33. The molecule has 0 bridgehead atoms. The van der Waals surface area contributed by atoms with Crippen molar-refractivity contribution in [1.82, 2.24) is 5.32 Å². The van der Waals surface area contributed by atoms with Crippen LogP contribution < -0.4 is 5.32 Å². The minimum Gasteiger partial charge on any atom is -0.310 e. The molecule has 0 saturated heterocycles. The van der Waals surface area contributed by atoms with Crippen LogP contribution in [0.4, 0.5) is 0 Å². The normalized spacial score (nSPS) is 28.4. The van der Waals surface area contributed by atoms with Gasteiger partial charge in [0.25, 0.3) is 0 Å². The average molecular weight is 110 g/mol. The number of nitrogens with one attached hydrogen (secondary N) is 1. The fourth-order valence-electron chi connectivity index (χ4n) is 0.873. The van der Waals surface area contributed by atoms with E-state index in [9.17, 15) is 0 Å². The Morgan fingerprint density at radius 2 is 2.62 bits per heavy atom. The van der Waals surface area contributed by atoms with Crippen molar-refractivity contribution in [2.75, 3.05) is 6.54 Å². The van der Waals surface area contributed by atoms with Crippen LogP contribution in [0.3, 0.4) is 0 Å². The van der Waals surface area contributed by atoms with Crippen LogP contribution in [0.15, 0.2) is 12.2 Å². The SMILES string of the molecule is C[CH]C1C=CCCN1. The summed E-state index contributed by atoms with van der Waals surface area (Å²) < 4.78 is 0. The smallest absolute Gasteiger partial charge is 0.0279 e. The predicted molar refractivity (Wildman–Crippen MR) is 35.5 cm³/mol. The van der Waals surface area contributed by atoms with Crippen molar-refractivity contribution in [2.45, 2.75) is 19.4 Å². The molecule has 1 heterocycles. The molecule has 0 saturated carbocycles.